The quantitative estimate of drug-likeness (QED) is 0.702. The van der Waals surface area contributed by atoms with Crippen molar-refractivity contribution < 1.29 is 4.74 Å². The minimum absolute atomic E-state index is 0.434. The van der Waals surface area contributed by atoms with Crippen LogP contribution in [0.25, 0.3) is 0 Å². The molecule has 1 fully saturated rings. The molecule has 2 heteroatoms. The van der Waals surface area contributed by atoms with Crippen molar-refractivity contribution in [1.29, 1.82) is 0 Å². The molecule has 0 aliphatic heterocycles. The summed E-state index contributed by atoms with van der Waals surface area (Å²) in [6.07, 6.45) is 7.17. The van der Waals surface area contributed by atoms with Gasteiger partial charge < -0.3 is 10.1 Å². The Bertz CT molecular complexity index is 153. The number of nitrogens with one attached hydrogen (secondary N) is 1. The fraction of sp³-hybridized carbons (Fsp3) is 1.00. The third-order valence-corrected chi connectivity index (χ3v) is 3.34. The number of ether oxygens (including phenoxy) is 1. The van der Waals surface area contributed by atoms with Crippen molar-refractivity contribution in [2.75, 3.05) is 13.2 Å². The number of hydrogen-bond acceptors (Lipinski definition) is 2. The minimum Gasteiger partial charge on any atom is -0.378 e. The zero-order valence-electron chi connectivity index (χ0n) is 10.6. The third-order valence-electron chi connectivity index (χ3n) is 3.34. The highest BCUT2D eigenvalue weighted by molar-refractivity contribution is 4.74. The van der Waals surface area contributed by atoms with Gasteiger partial charge in [0.1, 0.15) is 0 Å². The molecule has 0 spiro atoms. The average Bonchev–Trinajstić information content (AvgIpc) is 2.69. The van der Waals surface area contributed by atoms with E-state index in [0.717, 1.165) is 25.6 Å². The van der Waals surface area contributed by atoms with E-state index in [1.54, 1.807) is 0 Å². The summed E-state index contributed by atoms with van der Waals surface area (Å²) >= 11 is 0. The molecule has 1 atom stereocenters. The first-order valence-electron chi connectivity index (χ1n) is 6.59. The molecule has 0 aromatic heterocycles. The lowest BCUT2D eigenvalue weighted by Gasteiger charge is -2.22. The van der Waals surface area contributed by atoms with Gasteiger partial charge in [-0.1, -0.05) is 26.7 Å². The zero-order valence-corrected chi connectivity index (χ0v) is 10.6. The van der Waals surface area contributed by atoms with Gasteiger partial charge in [0.25, 0.3) is 0 Å². The molecule has 0 heterocycles. The van der Waals surface area contributed by atoms with Crippen LogP contribution in [0.4, 0.5) is 0 Å². The predicted molar refractivity (Wildman–Crippen MR) is 65.1 cm³/mol. The van der Waals surface area contributed by atoms with E-state index in [0.29, 0.717) is 12.0 Å². The molecule has 0 bridgehead atoms. The van der Waals surface area contributed by atoms with E-state index in [1.807, 2.05) is 0 Å². The highest BCUT2D eigenvalue weighted by Crippen LogP contribution is 2.18. The van der Waals surface area contributed by atoms with E-state index in [1.165, 1.54) is 25.7 Å². The van der Waals surface area contributed by atoms with Crippen LogP contribution in [0.2, 0.25) is 0 Å². The molecule has 0 amide bonds. The molecule has 15 heavy (non-hydrogen) atoms. The van der Waals surface area contributed by atoms with E-state index in [2.05, 4.69) is 26.1 Å². The molecule has 0 aromatic rings. The first-order chi connectivity index (χ1) is 7.24. The predicted octanol–water partition coefficient (Wildman–Crippen LogP) is 2.97. The van der Waals surface area contributed by atoms with Crippen LogP contribution in [0.1, 0.15) is 52.9 Å². The van der Waals surface area contributed by atoms with Crippen molar-refractivity contribution >= 4 is 0 Å². The van der Waals surface area contributed by atoms with Crippen LogP contribution in [0.5, 0.6) is 0 Å². The van der Waals surface area contributed by atoms with Crippen molar-refractivity contribution in [3.63, 3.8) is 0 Å². The Morgan fingerprint density at radius 3 is 2.47 bits per heavy atom. The van der Waals surface area contributed by atoms with Crippen LogP contribution in [-0.2, 0) is 4.74 Å². The molecule has 2 nitrogen and oxygen atoms in total. The third kappa shape index (κ3) is 4.98. The Balaban J connectivity index is 2.09. The smallest absolute Gasteiger partial charge is 0.0609 e. The molecule has 1 rings (SSSR count). The van der Waals surface area contributed by atoms with Crippen molar-refractivity contribution in [2.45, 2.75) is 65.0 Å². The summed E-state index contributed by atoms with van der Waals surface area (Å²) in [4.78, 5) is 0. The molecule has 0 radical (unpaired) electrons. The van der Waals surface area contributed by atoms with Gasteiger partial charge in [-0.25, -0.2) is 0 Å². The lowest BCUT2D eigenvalue weighted by atomic mass is 10.0. The van der Waals surface area contributed by atoms with Gasteiger partial charge >= 0.3 is 0 Å². The van der Waals surface area contributed by atoms with Gasteiger partial charge in [0, 0.05) is 12.6 Å². The Kier molecular flexibility index (Phi) is 6.26. The second kappa shape index (κ2) is 7.24. The van der Waals surface area contributed by atoms with E-state index >= 15 is 0 Å². The molecule has 1 saturated carbocycles. The van der Waals surface area contributed by atoms with Gasteiger partial charge in [-0.2, -0.15) is 0 Å². The number of hydrogen-bond donors (Lipinski definition) is 1. The summed E-state index contributed by atoms with van der Waals surface area (Å²) in [5, 5.41) is 3.65. The lowest BCUT2D eigenvalue weighted by Crippen LogP contribution is -2.31. The van der Waals surface area contributed by atoms with Gasteiger partial charge in [-0.15, -0.1) is 0 Å². The Morgan fingerprint density at radius 2 is 1.93 bits per heavy atom. The van der Waals surface area contributed by atoms with Gasteiger partial charge in [-0.3, -0.25) is 0 Å². The molecular weight excluding hydrogens is 186 g/mol. The maximum atomic E-state index is 5.73. The van der Waals surface area contributed by atoms with Crippen molar-refractivity contribution in [2.24, 2.45) is 5.92 Å². The van der Waals surface area contributed by atoms with Gasteiger partial charge in [0.05, 0.1) is 6.10 Å². The monoisotopic (exact) mass is 213 g/mol. The minimum atomic E-state index is 0.434. The van der Waals surface area contributed by atoms with Crippen molar-refractivity contribution in [3.8, 4) is 0 Å². The maximum absolute atomic E-state index is 5.73. The Labute approximate surface area is 94.8 Å². The summed E-state index contributed by atoms with van der Waals surface area (Å²) in [5.74, 6) is 0.635. The largest absolute Gasteiger partial charge is 0.378 e. The molecule has 0 aromatic carbocycles. The first kappa shape index (κ1) is 13.0. The van der Waals surface area contributed by atoms with E-state index in [9.17, 15) is 0 Å². The summed E-state index contributed by atoms with van der Waals surface area (Å²) < 4.78 is 5.73. The first-order valence-corrected chi connectivity index (χ1v) is 6.59. The van der Waals surface area contributed by atoms with Crippen molar-refractivity contribution in [3.05, 3.63) is 0 Å². The van der Waals surface area contributed by atoms with E-state index in [-0.39, 0.29) is 0 Å². The second-order valence-electron chi connectivity index (χ2n) is 4.96. The molecule has 1 unspecified atom stereocenters. The topological polar surface area (TPSA) is 21.3 Å². The highest BCUT2D eigenvalue weighted by atomic mass is 16.5. The normalized spacial score (nSPS) is 20.0. The fourth-order valence-electron chi connectivity index (χ4n) is 2.38. The average molecular weight is 213 g/mol. The van der Waals surface area contributed by atoms with Gasteiger partial charge in [-0.05, 0) is 38.6 Å². The van der Waals surface area contributed by atoms with Crippen LogP contribution in [-0.4, -0.2) is 25.3 Å². The number of rotatable bonds is 7. The zero-order chi connectivity index (χ0) is 11.1. The molecule has 1 aliphatic carbocycles. The van der Waals surface area contributed by atoms with Gasteiger partial charge in [0.15, 0.2) is 0 Å². The van der Waals surface area contributed by atoms with E-state index in [4.69, 9.17) is 4.74 Å². The summed E-state index contributed by atoms with van der Waals surface area (Å²) in [6, 6.07) is 0.791. The summed E-state index contributed by atoms with van der Waals surface area (Å²) in [5.41, 5.74) is 0. The Morgan fingerprint density at radius 1 is 1.27 bits per heavy atom. The fourth-order valence-corrected chi connectivity index (χ4v) is 2.38. The maximum Gasteiger partial charge on any atom is 0.0609 e. The van der Waals surface area contributed by atoms with Crippen LogP contribution >= 0.6 is 0 Å². The lowest BCUT2D eigenvalue weighted by molar-refractivity contribution is 0.0247. The molecule has 1 N–H and O–H groups in total. The molecule has 0 saturated heterocycles. The molecule has 1 aliphatic rings. The second-order valence-corrected chi connectivity index (χ2v) is 4.96. The van der Waals surface area contributed by atoms with E-state index < -0.39 is 0 Å². The van der Waals surface area contributed by atoms with Gasteiger partial charge in [0.2, 0.25) is 0 Å². The SMILES string of the molecule is CCOC(CCNC1CCCC1)C(C)C. The molecule has 90 valence electrons. The molecular formula is C13H27NO. The summed E-state index contributed by atoms with van der Waals surface area (Å²) in [7, 11) is 0. The highest BCUT2D eigenvalue weighted by Gasteiger charge is 2.16. The van der Waals surface area contributed by atoms with Crippen LogP contribution < -0.4 is 5.32 Å². The van der Waals surface area contributed by atoms with Crippen LogP contribution in [0, 0.1) is 5.92 Å². The van der Waals surface area contributed by atoms with Crippen LogP contribution in [0.3, 0.4) is 0 Å². The van der Waals surface area contributed by atoms with Crippen LogP contribution in [0.15, 0.2) is 0 Å². The Hall–Kier alpha value is -0.0800. The summed E-state index contributed by atoms with van der Waals surface area (Å²) in [6.45, 7) is 8.53. The standard InChI is InChI=1S/C13H27NO/c1-4-15-13(11(2)3)9-10-14-12-7-5-6-8-12/h11-14H,4-10H2,1-3H3. The van der Waals surface area contributed by atoms with Crippen molar-refractivity contribution in [1.82, 2.24) is 5.32 Å².